The Kier molecular flexibility index (Phi) is 4.30. The standard InChI is InChI=1S/C8H4Cl2INO3/c9-3-7(13)8-5(10)1-4(12(14)15)2-6(8)11/h1-2H,3H2. The van der Waals surface area contributed by atoms with Gasteiger partial charge in [-0.25, -0.2) is 0 Å². The van der Waals surface area contributed by atoms with E-state index in [0.29, 0.717) is 3.57 Å². The minimum absolute atomic E-state index is 0.0549. The lowest BCUT2D eigenvalue weighted by atomic mass is 10.1. The fraction of sp³-hybridized carbons (Fsp3) is 0.125. The SMILES string of the molecule is O=C(CCl)c1c(Cl)cc([N+](=O)[O-])cc1I. The Morgan fingerprint density at radius 2 is 2.13 bits per heavy atom. The van der Waals surface area contributed by atoms with Crippen LogP contribution in [0, 0.1) is 13.7 Å². The zero-order chi connectivity index (χ0) is 11.6. The second kappa shape index (κ2) is 5.09. The maximum Gasteiger partial charge on any atom is 0.272 e. The van der Waals surface area contributed by atoms with Crippen molar-refractivity contribution < 1.29 is 9.72 Å². The Morgan fingerprint density at radius 1 is 1.53 bits per heavy atom. The van der Waals surface area contributed by atoms with Gasteiger partial charge in [-0.3, -0.25) is 14.9 Å². The van der Waals surface area contributed by atoms with E-state index in [0.717, 1.165) is 6.07 Å². The van der Waals surface area contributed by atoms with E-state index in [4.69, 9.17) is 23.2 Å². The molecular weight excluding hydrogens is 356 g/mol. The second-order valence-corrected chi connectivity index (χ2v) is 4.43. The summed E-state index contributed by atoms with van der Waals surface area (Å²) in [5.41, 5.74) is 0.0911. The van der Waals surface area contributed by atoms with E-state index in [2.05, 4.69) is 0 Å². The minimum atomic E-state index is -0.566. The van der Waals surface area contributed by atoms with Crippen LogP contribution < -0.4 is 0 Å². The van der Waals surface area contributed by atoms with Crippen LogP contribution in [0.1, 0.15) is 10.4 Å². The van der Waals surface area contributed by atoms with Gasteiger partial charge in [0.15, 0.2) is 5.78 Å². The molecule has 1 aromatic rings. The Labute approximate surface area is 109 Å². The number of benzene rings is 1. The molecule has 0 radical (unpaired) electrons. The zero-order valence-corrected chi connectivity index (χ0v) is 10.8. The Morgan fingerprint density at radius 3 is 2.53 bits per heavy atom. The maximum atomic E-state index is 11.3. The van der Waals surface area contributed by atoms with Gasteiger partial charge >= 0.3 is 0 Å². The molecular formula is C8H4Cl2INO3. The number of rotatable bonds is 3. The highest BCUT2D eigenvalue weighted by molar-refractivity contribution is 14.1. The number of ketones is 1. The first-order valence-corrected chi connectivity index (χ1v) is 5.69. The highest BCUT2D eigenvalue weighted by Crippen LogP contribution is 2.28. The zero-order valence-electron chi connectivity index (χ0n) is 7.17. The number of Topliss-reactive ketones (excluding diaryl/α,β-unsaturated/α-hetero) is 1. The van der Waals surface area contributed by atoms with Crippen LogP contribution in [0.3, 0.4) is 0 Å². The van der Waals surface area contributed by atoms with E-state index < -0.39 is 4.92 Å². The van der Waals surface area contributed by atoms with Gasteiger partial charge in [-0.2, -0.15) is 0 Å². The molecule has 15 heavy (non-hydrogen) atoms. The normalized spacial score (nSPS) is 10.1. The van der Waals surface area contributed by atoms with E-state index in [9.17, 15) is 14.9 Å². The van der Waals surface area contributed by atoms with Crippen molar-refractivity contribution in [3.05, 3.63) is 36.4 Å². The average molecular weight is 360 g/mol. The van der Waals surface area contributed by atoms with Crippen molar-refractivity contribution in [2.24, 2.45) is 0 Å². The highest BCUT2D eigenvalue weighted by Gasteiger charge is 2.18. The molecule has 0 bridgehead atoms. The molecule has 80 valence electrons. The van der Waals surface area contributed by atoms with Gasteiger partial charge in [-0.15, -0.1) is 11.6 Å². The molecule has 0 unspecified atom stereocenters. The fourth-order valence-electron chi connectivity index (χ4n) is 0.998. The number of halogens is 3. The third kappa shape index (κ3) is 2.79. The highest BCUT2D eigenvalue weighted by atomic mass is 127. The third-order valence-electron chi connectivity index (χ3n) is 1.64. The van der Waals surface area contributed by atoms with E-state index in [1.54, 1.807) is 0 Å². The van der Waals surface area contributed by atoms with Gasteiger partial charge in [-0.05, 0) is 22.6 Å². The molecule has 0 saturated carbocycles. The maximum absolute atomic E-state index is 11.3. The minimum Gasteiger partial charge on any atom is -0.293 e. The smallest absolute Gasteiger partial charge is 0.272 e. The summed E-state index contributed by atoms with van der Waals surface area (Å²) >= 11 is 13.0. The van der Waals surface area contributed by atoms with E-state index in [1.165, 1.54) is 6.07 Å². The average Bonchev–Trinajstić information content (AvgIpc) is 2.16. The van der Waals surface area contributed by atoms with Crippen molar-refractivity contribution in [1.29, 1.82) is 0 Å². The molecule has 0 spiro atoms. The van der Waals surface area contributed by atoms with Crippen molar-refractivity contribution >= 4 is 57.3 Å². The first kappa shape index (κ1) is 12.7. The van der Waals surface area contributed by atoms with Gasteiger partial charge in [0.05, 0.1) is 21.4 Å². The predicted octanol–water partition coefficient (Wildman–Crippen LogP) is 3.27. The molecule has 0 saturated heterocycles. The Balaban J connectivity index is 3.33. The van der Waals surface area contributed by atoms with Gasteiger partial charge < -0.3 is 0 Å². The summed E-state index contributed by atoms with van der Waals surface area (Å²) in [5.74, 6) is -0.547. The lowest BCUT2D eigenvalue weighted by molar-refractivity contribution is -0.384. The number of nitrogens with zero attached hydrogens (tertiary/aromatic N) is 1. The number of alkyl halides is 1. The number of hydrogen-bond donors (Lipinski definition) is 0. The molecule has 0 heterocycles. The van der Waals surface area contributed by atoms with Crippen LogP contribution in [0.5, 0.6) is 0 Å². The monoisotopic (exact) mass is 359 g/mol. The van der Waals surface area contributed by atoms with Crippen molar-refractivity contribution in [1.82, 2.24) is 0 Å². The summed E-state index contributed by atoms with van der Waals surface area (Å²) in [6, 6.07) is 2.43. The van der Waals surface area contributed by atoms with Gasteiger partial charge in [0.25, 0.3) is 5.69 Å². The number of non-ortho nitro benzene ring substituents is 1. The van der Waals surface area contributed by atoms with Crippen LogP contribution in [0.2, 0.25) is 5.02 Å². The topological polar surface area (TPSA) is 60.2 Å². The molecule has 7 heteroatoms. The van der Waals surface area contributed by atoms with Crippen molar-refractivity contribution in [3.8, 4) is 0 Å². The summed E-state index contributed by atoms with van der Waals surface area (Å²) in [7, 11) is 0. The lowest BCUT2D eigenvalue weighted by Gasteiger charge is -2.03. The van der Waals surface area contributed by atoms with Crippen LogP contribution in [0.15, 0.2) is 12.1 Å². The third-order valence-corrected chi connectivity index (χ3v) is 3.03. The predicted molar refractivity (Wildman–Crippen MR) is 65.9 cm³/mol. The first-order valence-electron chi connectivity index (χ1n) is 3.70. The van der Waals surface area contributed by atoms with Gasteiger partial charge in [-0.1, -0.05) is 11.6 Å². The summed E-state index contributed by atoms with van der Waals surface area (Å²) in [6.07, 6.45) is 0. The van der Waals surface area contributed by atoms with Gasteiger partial charge in [0.1, 0.15) is 0 Å². The molecule has 0 amide bonds. The molecule has 1 rings (SSSR count). The Bertz CT molecular complexity index is 413. The second-order valence-electron chi connectivity index (χ2n) is 2.60. The van der Waals surface area contributed by atoms with E-state index in [-0.39, 0.29) is 27.9 Å². The van der Waals surface area contributed by atoms with Gasteiger partial charge in [0.2, 0.25) is 0 Å². The van der Waals surface area contributed by atoms with Crippen molar-refractivity contribution in [3.63, 3.8) is 0 Å². The number of nitro benzene ring substituents is 1. The molecule has 0 atom stereocenters. The molecule has 4 nitrogen and oxygen atoms in total. The summed E-state index contributed by atoms with van der Waals surface area (Å²) < 4.78 is 0.428. The van der Waals surface area contributed by atoms with Gasteiger partial charge in [0, 0.05) is 15.7 Å². The molecule has 1 aromatic carbocycles. The number of nitro groups is 1. The molecule has 0 aliphatic rings. The van der Waals surface area contributed by atoms with E-state index >= 15 is 0 Å². The fourth-order valence-corrected chi connectivity index (χ4v) is 2.52. The van der Waals surface area contributed by atoms with Crippen molar-refractivity contribution in [2.45, 2.75) is 0 Å². The molecule has 0 aliphatic heterocycles. The van der Waals surface area contributed by atoms with Crippen LogP contribution in [0.4, 0.5) is 5.69 Å². The van der Waals surface area contributed by atoms with Crippen LogP contribution >= 0.6 is 45.8 Å². The summed E-state index contributed by atoms with van der Waals surface area (Å²) in [4.78, 5) is 21.3. The number of carbonyl (C=O) groups is 1. The molecule has 0 fully saturated rings. The number of hydrogen-bond acceptors (Lipinski definition) is 3. The van der Waals surface area contributed by atoms with Crippen molar-refractivity contribution in [2.75, 3.05) is 5.88 Å². The van der Waals surface area contributed by atoms with Crippen LogP contribution in [0.25, 0.3) is 0 Å². The van der Waals surface area contributed by atoms with E-state index in [1.807, 2.05) is 22.6 Å². The summed E-state index contributed by atoms with van der Waals surface area (Å²) in [6.45, 7) is 0. The van der Waals surface area contributed by atoms with Crippen LogP contribution in [-0.2, 0) is 0 Å². The lowest BCUT2D eigenvalue weighted by Crippen LogP contribution is -2.05. The molecule has 0 aliphatic carbocycles. The quantitative estimate of drug-likeness (QED) is 0.273. The number of carbonyl (C=O) groups excluding carboxylic acids is 1. The molecule has 0 aromatic heterocycles. The molecule has 0 N–H and O–H groups in total. The summed E-state index contributed by atoms with van der Waals surface area (Å²) in [5, 5.41) is 10.5. The van der Waals surface area contributed by atoms with Crippen LogP contribution in [-0.4, -0.2) is 16.6 Å². The first-order chi connectivity index (χ1) is 6.97. The largest absolute Gasteiger partial charge is 0.293 e. The Hall–Kier alpha value is -0.400.